The Morgan fingerprint density at radius 3 is 2.86 bits per heavy atom. The Morgan fingerprint density at radius 1 is 1.43 bits per heavy atom. The van der Waals surface area contributed by atoms with E-state index in [1.807, 2.05) is 0 Å². The SMILES string of the molecule is Cc1c(CNCc2nccn2C(F)F)cccc1[N+](=O)[O-]. The molecule has 8 heteroatoms. The normalized spacial score (nSPS) is 11.0. The zero-order valence-electron chi connectivity index (χ0n) is 11.3. The maximum Gasteiger partial charge on any atom is 0.319 e. The van der Waals surface area contributed by atoms with Crippen molar-refractivity contribution in [3.63, 3.8) is 0 Å². The minimum atomic E-state index is -2.64. The molecule has 0 unspecified atom stereocenters. The monoisotopic (exact) mass is 296 g/mol. The van der Waals surface area contributed by atoms with Crippen molar-refractivity contribution in [2.24, 2.45) is 0 Å². The number of nitro benzene ring substituents is 1. The quantitative estimate of drug-likeness (QED) is 0.657. The molecule has 1 aromatic carbocycles. The highest BCUT2D eigenvalue weighted by Gasteiger charge is 2.14. The number of benzene rings is 1. The van der Waals surface area contributed by atoms with Crippen molar-refractivity contribution >= 4 is 5.69 Å². The van der Waals surface area contributed by atoms with Crippen LogP contribution in [0.15, 0.2) is 30.6 Å². The standard InChI is InChI=1S/C13H14F2N4O2/c1-9-10(3-2-4-11(9)19(20)21)7-16-8-12-17-5-6-18(12)13(14)15/h2-6,13,16H,7-8H2,1H3. The van der Waals surface area contributed by atoms with E-state index >= 15 is 0 Å². The molecule has 0 bridgehead atoms. The van der Waals surface area contributed by atoms with Gasteiger partial charge < -0.3 is 5.32 Å². The van der Waals surface area contributed by atoms with Gasteiger partial charge >= 0.3 is 6.55 Å². The van der Waals surface area contributed by atoms with E-state index in [0.29, 0.717) is 12.1 Å². The fourth-order valence-corrected chi connectivity index (χ4v) is 2.03. The number of halogens is 2. The second-order valence-corrected chi connectivity index (χ2v) is 4.45. The molecule has 6 nitrogen and oxygen atoms in total. The molecule has 0 aliphatic carbocycles. The van der Waals surface area contributed by atoms with E-state index in [9.17, 15) is 18.9 Å². The Kier molecular flexibility index (Phi) is 4.59. The third-order valence-corrected chi connectivity index (χ3v) is 3.17. The highest BCUT2D eigenvalue weighted by atomic mass is 19.3. The smallest absolute Gasteiger partial charge is 0.306 e. The molecule has 21 heavy (non-hydrogen) atoms. The van der Waals surface area contributed by atoms with Gasteiger partial charge in [0.25, 0.3) is 5.69 Å². The summed E-state index contributed by atoms with van der Waals surface area (Å²) in [5.41, 5.74) is 1.36. The summed E-state index contributed by atoms with van der Waals surface area (Å²) >= 11 is 0. The van der Waals surface area contributed by atoms with Crippen molar-refractivity contribution in [1.29, 1.82) is 0 Å². The van der Waals surface area contributed by atoms with Gasteiger partial charge in [-0.1, -0.05) is 12.1 Å². The molecule has 0 saturated carbocycles. The number of nitrogens with zero attached hydrogens (tertiary/aromatic N) is 3. The van der Waals surface area contributed by atoms with Crippen LogP contribution in [-0.4, -0.2) is 14.5 Å². The van der Waals surface area contributed by atoms with Crippen LogP contribution >= 0.6 is 0 Å². The zero-order chi connectivity index (χ0) is 15.4. The Hall–Kier alpha value is -2.35. The number of imidazole rings is 1. The van der Waals surface area contributed by atoms with Gasteiger partial charge in [0.1, 0.15) is 5.82 Å². The summed E-state index contributed by atoms with van der Waals surface area (Å²) < 4.78 is 26.0. The second-order valence-electron chi connectivity index (χ2n) is 4.45. The summed E-state index contributed by atoms with van der Waals surface area (Å²) in [6.07, 6.45) is 2.52. The number of hydrogen-bond acceptors (Lipinski definition) is 4. The zero-order valence-corrected chi connectivity index (χ0v) is 11.3. The topological polar surface area (TPSA) is 73.0 Å². The van der Waals surface area contributed by atoms with Crippen LogP contribution in [0.25, 0.3) is 0 Å². The molecule has 0 amide bonds. The summed E-state index contributed by atoms with van der Waals surface area (Å²) in [4.78, 5) is 14.2. The maximum absolute atomic E-state index is 12.6. The van der Waals surface area contributed by atoms with Crippen LogP contribution in [0.4, 0.5) is 14.5 Å². The maximum atomic E-state index is 12.6. The van der Waals surface area contributed by atoms with Gasteiger partial charge in [0.2, 0.25) is 0 Å². The van der Waals surface area contributed by atoms with Crippen LogP contribution < -0.4 is 5.32 Å². The lowest BCUT2D eigenvalue weighted by Gasteiger charge is -2.09. The average molecular weight is 296 g/mol. The lowest BCUT2D eigenvalue weighted by atomic mass is 10.1. The summed E-state index contributed by atoms with van der Waals surface area (Å²) in [6.45, 7) is -0.484. The van der Waals surface area contributed by atoms with E-state index in [-0.39, 0.29) is 18.1 Å². The van der Waals surface area contributed by atoms with E-state index in [4.69, 9.17) is 0 Å². The minimum Gasteiger partial charge on any atom is -0.306 e. The van der Waals surface area contributed by atoms with E-state index in [1.165, 1.54) is 18.5 Å². The summed E-state index contributed by atoms with van der Waals surface area (Å²) in [5, 5.41) is 13.8. The van der Waals surface area contributed by atoms with Crippen molar-refractivity contribution in [2.75, 3.05) is 0 Å². The van der Waals surface area contributed by atoms with Crippen molar-refractivity contribution < 1.29 is 13.7 Å². The number of nitro groups is 1. The van der Waals surface area contributed by atoms with Crippen LogP contribution in [0.3, 0.4) is 0 Å². The van der Waals surface area contributed by atoms with Crippen molar-refractivity contribution in [3.8, 4) is 0 Å². The molecule has 112 valence electrons. The molecule has 0 atom stereocenters. The average Bonchev–Trinajstić information content (AvgIpc) is 2.89. The Balaban J connectivity index is 2.02. The largest absolute Gasteiger partial charge is 0.319 e. The number of rotatable bonds is 6. The predicted molar refractivity (Wildman–Crippen MR) is 71.9 cm³/mol. The first-order chi connectivity index (χ1) is 10.0. The summed E-state index contributed by atoms with van der Waals surface area (Å²) in [7, 11) is 0. The predicted octanol–water partition coefficient (Wildman–Crippen LogP) is 2.78. The molecule has 0 radical (unpaired) electrons. The van der Waals surface area contributed by atoms with Crippen LogP contribution in [0.5, 0.6) is 0 Å². The molecule has 0 saturated heterocycles. The molecular formula is C13H14F2N4O2. The van der Waals surface area contributed by atoms with E-state index < -0.39 is 11.5 Å². The molecule has 0 aliphatic heterocycles. The first kappa shape index (κ1) is 15.0. The lowest BCUT2D eigenvalue weighted by Crippen LogP contribution is -2.17. The minimum absolute atomic E-state index is 0.0448. The second kappa shape index (κ2) is 6.40. The van der Waals surface area contributed by atoms with E-state index in [2.05, 4.69) is 10.3 Å². The fourth-order valence-electron chi connectivity index (χ4n) is 2.03. The Labute approximate surface area is 119 Å². The van der Waals surface area contributed by atoms with Gasteiger partial charge in [-0.05, 0) is 12.5 Å². The molecule has 1 heterocycles. The van der Waals surface area contributed by atoms with Gasteiger partial charge in [-0.15, -0.1) is 0 Å². The first-order valence-corrected chi connectivity index (χ1v) is 6.24. The molecule has 2 aromatic rings. The van der Waals surface area contributed by atoms with Gasteiger partial charge in [0.05, 0.1) is 11.5 Å². The molecule has 1 N–H and O–H groups in total. The molecule has 0 fully saturated rings. The number of hydrogen-bond donors (Lipinski definition) is 1. The van der Waals surface area contributed by atoms with Crippen molar-refractivity contribution in [1.82, 2.24) is 14.9 Å². The van der Waals surface area contributed by atoms with E-state index in [0.717, 1.165) is 10.1 Å². The number of nitrogens with one attached hydrogen (secondary N) is 1. The van der Waals surface area contributed by atoms with Crippen LogP contribution in [0.1, 0.15) is 23.5 Å². The van der Waals surface area contributed by atoms with E-state index in [1.54, 1.807) is 19.1 Å². The van der Waals surface area contributed by atoms with Crippen molar-refractivity contribution in [3.05, 3.63) is 57.7 Å². The molecule has 0 aliphatic rings. The van der Waals surface area contributed by atoms with Crippen LogP contribution in [0.2, 0.25) is 0 Å². The lowest BCUT2D eigenvalue weighted by molar-refractivity contribution is -0.385. The molecule has 1 aromatic heterocycles. The summed E-state index contributed by atoms with van der Waals surface area (Å²) in [6, 6.07) is 4.79. The number of alkyl halides is 2. The molecule has 0 spiro atoms. The van der Waals surface area contributed by atoms with Gasteiger partial charge in [0, 0.05) is 30.6 Å². The third kappa shape index (κ3) is 3.40. The highest BCUT2D eigenvalue weighted by molar-refractivity contribution is 5.44. The van der Waals surface area contributed by atoms with Gasteiger partial charge in [0.15, 0.2) is 0 Å². The first-order valence-electron chi connectivity index (χ1n) is 6.24. The van der Waals surface area contributed by atoms with Crippen LogP contribution in [0, 0.1) is 17.0 Å². The third-order valence-electron chi connectivity index (χ3n) is 3.17. The Morgan fingerprint density at radius 2 is 2.19 bits per heavy atom. The van der Waals surface area contributed by atoms with Gasteiger partial charge in [-0.2, -0.15) is 8.78 Å². The van der Waals surface area contributed by atoms with Crippen LogP contribution in [-0.2, 0) is 13.1 Å². The van der Waals surface area contributed by atoms with Gasteiger partial charge in [-0.3, -0.25) is 14.7 Å². The highest BCUT2D eigenvalue weighted by Crippen LogP contribution is 2.21. The molecule has 2 rings (SSSR count). The Bertz CT molecular complexity index is 643. The van der Waals surface area contributed by atoms with Crippen molar-refractivity contribution in [2.45, 2.75) is 26.6 Å². The summed E-state index contributed by atoms with van der Waals surface area (Å²) in [5.74, 6) is 0.216. The molecular weight excluding hydrogens is 282 g/mol. The van der Waals surface area contributed by atoms with Gasteiger partial charge in [-0.25, -0.2) is 4.98 Å². The number of aromatic nitrogens is 2. The fraction of sp³-hybridized carbons (Fsp3) is 0.308.